The van der Waals surface area contributed by atoms with Crippen LogP contribution >= 0.6 is 0 Å². The smallest absolute Gasteiger partial charge is 0.330 e. The molecule has 0 radical (unpaired) electrons. The molecule has 0 fully saturated rings. The van der Waals surface area contributed by atoms with Crippen LogP contribution in [-0.4, -0.2) is 114 Å². The highest BCUT2D eigenvalue weighted by Gasteiger charge is 2.08. The van der Waals surface area contributed by atoms with Crippen molar-refractivity contribution in [3.05, 3.63) is 37.7 Å². The number of nitrogens with zero attached hydrogens (tertiary/aromatic N) is 1. The summed E-state index contributed by atoms with van der Waals surface area (Å²) in [6.07, 6.45) is 2.40. The molecule has 6 N–H and O–H groups in total. The summed E-state index contributed by atoms with van der Waals surface area (Å²) >= 11 is 0. The minimum Gasteiger partial charge on any atom is -0.464 e. The van der Waals surface area contributed by atoms with Crippen LogP contribution in [0.25, 0.3) is 0 Å². The maximum absolute atomic E-state index is 12.0. The van der Waals surface area contributed by atoms with Gasteiger partial charge in [0.1, 0.15) is 19.8 Å². The third kappa shape index (κ3) is 21.8. The third-order valence-corrected chi connectivity index (χ3v) is 4.78. The summed E-state index contributed by atoms with van der Waals surface area (Å²) in [6.45, 7) is 15.8. The molecular weight excluding hydrogens is 526 g/mol. The summed E-state index contributed by atoms with van der Waals surface area (Å²) in [7, 11) is 0. The van der Waals surface area contributed by atoms with Gasteiger partial charge in [-0.2, -0.15) is 0 Å². The molecule has 226 valence electrons. The van der Waals surface area contributed by atoms with Gasteiger partial charge in [-0.1, -0.05) is 26.7 Å². The molecule has 15 heteroatoms. The number of amides is 4. The first-order valence-corrected chi connectivity index (χ1v) is 12.9. The number of urea groups is 2. The van der Waals surface area contributed by atoms with Crippen LogP contribution in [0.1, 0.15) is 13.3 Å². The van der Waals surface area contributed by atoms with E-state index in [0.717, 1.165) is 12.2 Å². The molecule has 4 amide bonds. The van der Waals surface area contributed by atoms with Crippen molar-refractivity contribution in [3.63, 3.8) is 0 Å². The molecule has 0 aliphatic heterocycles. The first kappa shape index (κ1) is 35.7. The number of esters is 3. The van der Waals surface area contributed by atoms with Gasteiger partial charge in [-0.3, -0.25) is 9.69 Å². The van der Waals surface area contributed by atoms with Crippen molar-refractivity contribution in [3.8, 4) is 0 Å². The topological polar surface area (TPSA) is 188 Å². The molecule has 40 heavy (non-hydrogen) atoms. The number of hydrogen-bond acceptors (Lipinski definition) is 11. The van der Waals surface area contributed by atoms with Gasteiger partial charge < -0.3 is 46.1 Å². The van der Waals surface area contributed by atoms with Gasteiger partial charge in [-0.05, 0) is 0 Å². The van der Waals surface area contributed by atoms with E-state index in [0.29, 0.717) is 51.6 Å². The first-order chi connectivity index (χ1) is 19.2. The Morgan fingerprint density at radius 1 is 0.625 bits per heavy atom. The molecule has 0 saturated carbocycles. The number of ether oxygens (including phenoxy) is 3. The molecule has 0 saturated heterocycles. The van der Waals surface area contributed by atoms with E-state index in [9.17, 15) is 24.0 Å². The minimum atomic E-state index is -0.567. The molecule has 0 aliphatic carbocycles. The van der Waals surface area contributed by atoms with Crippen LogP contribution in [-0.2, 0) is 28.6 Å². The van der Waals surface area contributed by atoms with Crippen LogP contribution in [0.15, 0.2) is 37.7 Å². The molecule has 0 unspecified atom stereocenters. The molecule has 0 aromatic carbocycles. The molecule has 0 atom stereocenters. The van der Waals surface area contributed by atoms with E-state index in [-0.39, 0.29) is 45.3 Å². The maximum atomic E-state index is 12.0. The van der Waals surface area contributed by atoms with Crippen LogP contribution in [0, 0.1) is 0 Å². The zero-order valence-electron chi connectivity index (χ0n) is 23.2. The van der Waals surface area contributed by atoms with E-state index in [1.807, 2.05) is 4.90 Å². The van der Waals surface area contributed by atoms with Gasteiger partial charge in [0.2, 0.25) is 0 Å². The Kier molecular flexibility index (Phi) is 21.3. The first-order valence-electron chi connectivity index (χ1n) is 12.9. The number of nitrogens with one attached hydrogen (secondary N) is 6. The zero-order valence-corrected chi connectivity index (χ0v) is 23.2. The van der Waals surface area contributed by atoms with Crippen molar-refractivity contribution in [1.82, 2.24) is 36.8 Å². The molecule has 0 aromatic heterocycles. The molecule has 0 aromatic rings. The van der Waals surface area contributed by atoms with Crippen LogP contribution in [0.3, 0.4) is 0 Å². The predicted octanol–water partition coefficient (Wildman–Crippen LogP) is -1.05. The van der Waals surface area contributed by atoms with Crippen molar-refractivity contribution in [1.29, 1.82) is 0 Å². The Bertz CT molecular complexity index is 792. The van der Waals surface area contributed by atoms with Gasteiger partial charge in [0.05, 0.1) is 25.5 Å². The summed E-state index contributed by atoms with van der Waals surface area (Å²) in [6, 6.07) is -0.807. The summed E-state index contributed by atoms with van der Waals surface area (Å²) in [5.74, 6) is -0.858. The SMILES string of the molecule is C=CC(=O)OCCNC(=C)NCCN(CCNC(=O)NCCOC(=O)C=C)CCNC(=O)NCCOC(=O)CC. The fourth-order valence-electron chi connectivity index (χ4n) is 2.76. The lowest BCUT2D eigenvalue weighted by molar-refractivity contribution is -0.143. The molecule has 15 nitrogen and oxygen atoms in total. The second-order valence-corrected chi connectivity index (χ2v) is 7.86. The van der Waals surface area contributed by atoms with E-state index in [1.165, 1.54) is 0 Å². The minimum absolute atomic E-state index is 0.0272. The number of carbonyl (C=O) groups excluding carboxylic acids is 5. The van der Waals surface area contributed by atoms with Crippen LogP contribution in [0.5, 0.6) is 0 Å². The van der Waals surface area contributed by atoms with Gasteiger partial charge in [0.25, 0.3) is 0 Å². The molecule has 0 aliphatic rings. The lowest BCUT2D eigenvalue weighted by Crippen LogP contribution is -2.46. The van der Waals surface area contributed by atoms with Crippen molar-refractivity contribution in [2.75, 3.05) is 78.7 Å². The number of rotatable bonds is 23. The molecule has 0 rings (SSSR count). The van der Waals surface area contributed by atoms with Gasteiger partial charge >= 0.3 is 30.0 Å². The van der Waals surface area contributed by atoms with Crippen molar-refractivity contribution in [2.24, 2.45) is 0 Å². The second-order valence-electron chi connectivity index (χ2n) is 7.86. The molecular formula is C25H43N7O8. The average Bonchev–Trinajstić information content (AvgIpc) is 2.94. The molecule has 0 heterocycles. The van der Waals surface area contributed by atoms with E-state index < -0.39 is 24.0 Å². The predicted molar refractivity (Wildman–Crippen MR) is 148 cm³/mol. The fraction of sp³-hybridized carbons (Fsp3) is 0.560. The highest BCUT2D eigenvalue weighted by atomic mass is 16.5. The summed E-state index contributed by atoms with van der Waals surface area (Å²) < 4.78 is 14.6. The third-order valence-electron chi connectivity index (χ3n) is 4.78. The van der Waals surface area contributed by atoms with Gasteiger partial charge in [0.15, 0.2) is 0 Å². The van der Waals surface area contributed by atoms with E-state index in [4.69, 9.17) is 14.2 Å². The summed E-state index contributed by atoms with van der Waals surface area (Å²) in [4.78, 5) is 59.1. The van der Waals surface area contributed by atoms with Crippen molar-refractivity contribution >= 4 is 30.0 Å². The standard InChI is InChI=1S/C25H43N7O8/c1-5-21(33)38-17-11-27-20(4)26-8-14-32(15-9-28-24(36)30-12-18-39-22(34)6-2)16-10-29-25(37)31-13-19-40-23(35)7-3/h5-6,26-27H,1-2,4,7-19H2,3H3,(H2,28,30,36)(H2,29,31,37). The van der Waals surface area contributed by atoms with E-state index in [2.05, 4.69) is 51.6 Å². The Morgan fingerprint density at radius 3 is 1.45 bits per heavy atom. The average molecular weight is 570 g/mol. The van der Waals surface area contributed by atoms with Crippen molar-refractivity contribution < 1.29 is 38.2 Å². The number of hydrogen-bond donors (Lipinski definition) is 6. The Labute approximate surface area is 235 Å². The Hall–Kier alpha value is -4.27. The monoisotopic (exact) mass is 569 g/mol. The normalized spacial score (nSPS) is 9.95. The van der Waals surface area contributed by atoms with E-state index >= 15 is 0 Å². The summed E-state index contributed by atoms with van der Waals surface area (Å²) in [5.41, 5.74) is 0. The quantitative estimate of drug-likeness (QED) is 0.0381. The largest absolute Gasteiger partial charge is 0.464 e. The molecule has 0 spiro atoms. The zero-order chi connectivity index (χ0) is 30.0. The lowest BCUT2D eigenvalue weighted by atomic mass is 10.4. The highest BCUT2D eigenvalue weighted by molar-refractivity contribution is 5.81. The second kappa shape index (κ2) is 23.8. The van der Waals surface area contributed by atoms with E-state index in [1.54, 1.807) is 6.92 Å². The van der Waals surface area contributed by atoms with Crippen LogP contribution in [0.2, 0.25) is 0 Å². The van der Waals surface area contributed by atoms with Gasteiger partial charge in [-0.25, -0.2) is 19.2 Å². The fourth-order valence-corrected chi connectivity index (χ4v) is 2.76. The number of carbonyl (C=O) groups is 5. The summed E-state index contributed by atoms with van der Waals surface area (Å²) in [5, 5.41) is 16.7. The molecule has 0 bridgehead atoms. The van der Waals surface area contributed by atoms with Crippen LogP contribution < -0.4 is 31.9 Å². The van der Waals surface area contributed by atoms with Gasteiger partial charge in [-0.15, -0.1) is 0 Å². The van der Waals surface area contributed by atoms with Gasteiger partial charge in [0, 0.05) is 57.8 Å². The maximum Gasteiger partial charge on any atom is 0.330 e. The van der Waals surface area contributed by atoms with Crippen LogP contribution in [0.4, 0.5) is 9.59 Å². The highest BCUT2D eigenvalue weighted by Crippen LogP contribution is 1.89. The van der Waals surface area contributed by atoms with Crippen molar-refractivity contribution in [2.45, 2.75) is 13.3 Å². The Morgan fingerprint density at radius 2 is 1.00 bits per heavy atom. The Balaban J connectivity index is 4.44. The lowest BCUT2D eigenvalue weighted by Gasteiger charge is -2.23.